The molecular formula is C17H35NO3. The highest BCUT2D eigenvalue weighted by Crippen LogP contribution is 2.10. The zero-order valence-electron chi connectivity index (χ0n) is 14.3. The highest BCUT2D eigenvalue weighted by molar-refractivity contribution is 5.73. The van der Waals surface area contributed by atoms with Gasteiger partial charge >= 0.3 is 5.97 Å². The smallest absolute Gasteiger partial charge is 0.302 e. The van der Waals surface area contributed by atoms with E-state index in [9.17, 15) is 9.59 Å². The average Bonchev–Trinajstić information content (AvgIpc) is 2.43. The average molecular weight is 301 g/mol. The number of amides is 1. The number of rotatable bonds is 12. The van der Waals surface area contributed by atoms with E-state index in [0.717, 1.165) is 19.3 Å². The molecule has 0 fully saturated rings. The van der Waals surface area contributed by atoms with E-state index in [-0.39, 0.29) is 11.9 Å². The Bertz CT molecular complexity index is 242. The molecule has 0 spiro atoms. The summed E-state index contributed by atoms with van der Waals surface area (Å²) >= 11 is 0. The molecule has 2 N–H and O–H groups in total. The maximum Gasteiger partial charge on any atom is 0.302 e. The molecule has 4 heteroatoms. The molecule has 0 aliphatic heterocycles. The predicted molar refractivity (Wildman–Crippen MR) is 88.0 cm³/mol. The first-order valence-electron chi connectivity index (χ1n) is 8.46. The third kappa shape index (κ3) is 28.0. The van der Waals surface area contributed by atoms with Gasteiger partial charge in [0.05, 0.1) is 6.61 Å². The molecule has 126 valence electrons. The third-order valence-electron chi connectivity index (χ3n) is 3.04. The van der Waals surface area contributed by atoms with Gasteiger partial charge in [0.15, 0.2) is 0 Å². The molecule has 1 amide bonds. The van der Waals surface area contributed by atoms with Crippen molar-refractivity contribution < 1.29 is 14.3 Å². The Balaban J connectivity index is 0. The van der Waals surface area contributed by atoms with E-state index in [4.69, 9.17) is 5.73 Å². The Morgan fingerprint density at radius 3 is 1.62 bits per heavy atom. The van der Waals surface area contributed by atoms with Crippen LogP contribution in [0.1, 0.15) is 91.4 Å². The molecule has 0 aromatic heterocycles. The van der Waals surface area contributed by atoms with Gasteiger partial charge in [-0.05, 0) is 12.8 Å². The zero-order chi connectivity index (χ0) is 16.3. The first-order chi connectivity index (χ1) is 10.0. The molecule has 0 heterocycles. The Hall–Kier alpha value is -1.06. The molecule has 0 aliphatic rings. The van der Waals surface area contributed by atoms with Gasteiger partial charge in [-0.3, -0.25) is 9.59 Å². The lowest BCUT2D eigenvalue weighted by molar-refractivity contribution is -0.140. The lowest BCUT2D eigenvalue weighted by Gasteiger charge is -2.00. The summed E-state index contributed by atoms with van der Waals surface area (Å²) in [6.45, 7) is 6.16. The van der Waals surface area contributed by atoms with E-state index >= 15 is 0 Å². The fourth-order valence-electron chi connectivity index (χ4n) is 1.86. The van der Waals surface area contributed by atoms with Crippen LogP contribution in [0.3, 0.4) is 0 Å². The quantitative estimate of drug-likeness (QED) is 0.430. The molecule has 0 saturated carbocycles. The molecule has 0 atom stereocenters. The first kappa shape index (κ1) is 22.2. The second-order valence-corrected chi connectivity index (χ2v) is 5.38. The molecule has 0 unspecified atom stereocenters. The molecule has 0 saturated heterocycles. The van der Waals surface area contributed by atoms with Crippen molar-refractivity contribution in [2.24, 2.45) is 5.73 Å². The van der Waals surface area contributed by atoms with Crippen molar-refractivity contribution in [2.45, 2.75) is 91.4 Å². The van der Waals surface area contributed by atoms with Gasteiger partial charge in [-0.25, -0.2) is 0 Å². The van der Waals surface area contributed by atoms with Crippen molar-refractivity contribution in [3.63, 3.8) is 0 Å². The van der Waals surface area contributed by atoms with Crippen molar-refractivity contribution in [3.8, 4) is 0 Å². The van der Waals surface area contributed by atoms with Crippen LogP contribution < -0.4 is 5.73 Å². The Morgan fingerprint density at radius 1 is 0.810 bits per heavy atom. The highest BCUT2D eigenvalue weighted by atomic mass is 16.5. The molecule has 0 aromatic rings. The van der Waals surface area contributed by atoms with Crippen molar-refractivity contribution in [2.75, 3.05) is 6.61 Å². The molecule has 0 aromatic carbocycles. The van der Waals surface area contributed by atoms with E-state index in [0.29, 0.717) is 13.0 Å². The summed E-state index contributed by atoms with van der Waals surface area (Å²) in [5.74, 6) is -0.352. The van der Waals surface area contributed by atoms with Gasteiger partial charge in [-0.2, -0.15) is 0 Å². The van der Waals surface area contributed by atoms with Crippen LogP contribution in [-0.4, -0.2) is 18.5 Å². The van der Waals surface area contributed by atoms with Gasteiger partial charge in [-0.1, -0.05) is 65.2 Å². The molecular weight excluding hydrogens is 266 g/mol. The van der Waals surface area contributed by atoms with Gasteiger partial charge in [0.25, 0.3) is 0 Å². The van der Waals surface area contributed by atoms with Crippen LogP contribution >= 0.6 is 0 Å². The standard InChI is InChI=1S/C12H25NO.C5H10O2/c1-2-3-4-5-6-7-8-9-10-11-12(13)14;1-3-4-7-5(2)6/h2-11H2,1H3,(H2,13,14);3-4H2,1-2H3. The van der Waals surface area contributed by atoms with E-state index in [1.54, 1.807) is 0 Å². The Kier molecular flexibility index (Phi) is 20.0. The fraction of sp³-hybridized carbons (Fsp3) is 0.882. The topological polar surface area (TPSA) is 69.4 Å². The van der Waals surface area contributed by atoms with Gasteiger partial charge in [0, 0.05) is 13.3 Å². The summed E-state index contributed by atoms with van der Waals surface area (Å²) in [7, 11) is 0. The van der Waals surface area contributed by atoms with Crippen molar-refractivity contribution in [1.29, 1.82) is 0 Å². The van der Waals surface area contributed by atoms with Gasteiger partial charge in [0.1, 0.15) is 0 Å². The third-order valence-corrected chi connectivity index (χ3v) is 3.04. The van der Waals surface area contributed by atoms with Crippen LogP contribution in [0, 0.1) is 0 Å². The van der Waals surface area contributed by atoms with Crippen LogP contribution in [0.5, 0.6) is 0 Å². The number of carbonyl (C=O) groups excluding carboxylic acids is 2. The minimum Gasteiger partial charge on any atom is -0.466 e. The summed E-state index contributed by atoms with van der Waals surface area (Å²) in [6, 6.07) is 0. The second-order valence-electron chi connectivity index (χ2n) is 5.38. The van der Waals surface area contributed by atoms with Crippen LogP contribution in [0.2, 0.25) is 0 Å². The molecule has 4 nitrogen and oxygen atoms in total. The lowest BCUT2D eigenvalue weighted by atomic mass is 10.1. The van der Waals surface area contributed by atoms with Crippen molar-refractivity contribution >= 4 is 11.9 Å². The SMILES string of the molecule is CCCCCCCCCCCC(N)=O.CCCOC(C)=O. The number of nitrogens with two attached hydrogens (primary N) is 1. The summed E-state index contributed by atoms with van der Waals surface area (Å²) < 4.78 is 4.55. The van der Waals surface area contributed by atoms with Crippen LogP contribution in [-0.2, 0) is 14.3 Å². The maximum absolute atomic E-state index is 10.4. The number of hydrogen-bond donors (Lipinski definition) is 1. The maximum atomic E-state index is 10.4. The highest BCUT2D eigenvalue weighted by Gasteiger charge is 1.94. The van der Waals surface area contributed by atoms with E-state index in [2.05, 4.69) is 11.7 Å². The number of carbonyl (C=O) groups is 2. The zero-order valence-corrected chi connectivity index (χ0v) is 14.3. The van der Waals surface area contributed by atoms with Crippen molar-refractivity contribution in [3.05, 3.63) is 0 Å². The van der Waals surface area contributed by atoms with Gasteiger partial charge in [0.2, 0.25) is 5.91 Å². The van der Waals surface area contributed by atoms with Crippen molar-refractivity contribution in [1.82, 2.24) is 0 Å². The normalized spacial score (nSPS) is 9.67. The molecule has 21 heavy (non-hydrogen) atoms. The largest absolute Gasteiger partial charge is 0.466 e. The Labute approximate surface area is 130 Å². The monoisotopic (exact) mass is 301 g/mol. The predicted octanol–water partition coefficient (Wildman–Crippen LogP) is 4.35. The summed E-state index contributed by atoms with van der Waals surface area (Å²) in [5, 5.41) is 0. The number of ether oxygens (including phenoxy) is 1. The van der Waals surface area contributed by atoms with Gasteiger partial charge < -0.3 is 10.5 Å². The van der Waals surface area contributed by atoms with E-state index < -0.39 is 0 Å². The minimum atomic E-state index is -0.193. The van der Waals surface area contributed by atoms with Crippen LogP contribution in [0.4, 0.5) is 0 Å². The first-order valence-corrected chi connectivity index (χ1v) is 8.46. The summed E-state index contributed by atoms with van der Waals surface area (Å²) in [5.41, 5.74) is 5.05. The van der Waals surface area contributed by atoms with E-state index in [1.165, 1.54) is 51.9 Å². The molecule has 0 bridgehead atoms. The molecule has 0 aliphatic carbocycles. The number of unbranched alkanes of at least 4 members (excludes halogenated alkanes) is 8. The van der Waals surface area contributed by atoms with E-state index in [1.807, 2.05) is 6.92 Å². The summed E-state index contributed by atoms with van der Waals surface area (Å²) in [6.07, 6.45) is 13.0. The minimum absolute atomic E-state index is 0.159. The molecule has 0 radical (unpaired) electrons. The van der Waals surface area contributed by atoms with Crippen LogP contribution in [0.15, 0.2) is 0 Å². The molecule has 0 rings (SSSR count). The van der Waals surface area contributed by atoms with Gasteiger partial charge in [-0.15, -0.1) is 0 Å². The lowest BCUT2D eigenvalue weighted by Crippen LogP contribution is -2.09. The number of esters is 1. The van der Waals surface area contributed by atoms with Crippen LogP contribution in [0.25, 0.3) is 0 Å². The Morgan fingerprint density at radius 2 is 1.29 bits per heavy atom. The second kappa shape index (κ2) is 18.9. The number of hydrogen-bond acceptors (Lipinski definition) is 3. The number of primary amides is 1. The summed E-state index contributed by atoms with van der Waals surface area (Å²) in [4.78, 5) is 20.4. The fourth-order valence-corrected chi connectivity index (χ4v) is 1.86.